The maximum Gasteiger partial charge on any atom is 0.0834 e. The van der Waals surface area contributed by atoms with E-state index in [1.54, 1.807) is 6.92 Å². The van der Waals surface area contributed by atoms with Gasteiger partial charge in [0.15, 0.2) is 0 Å². The van der Waals surface area contributed by atoms with Crippen LogP contribution in [0.5, 0.6) is 0 Å². The molecule has 1 aliphatic carbocycles. The number of ether oxygens (including phenoxy) is 1. The fraction of sp³-hybridized carbons (Fsp3) is 1.00. The molecule has 0 aromatic carbocycles. The predicted octanol–water partition coefficient (Wildman–Crippen LogP) is 1.68. The summed E-state index contributed by atoms with van der Waals surface area (Å²) < 4.78 is 6.03. The molecule has 0 spiro atoms. The zero-order valence-corrected chi connectivity index (χ0v) is 10.2. The first kappa shape index (κ1) is 12.9. The van der Waals surface area contributed by atoms with E-state index in [9.17, 15) is 5.11 Å². The second-order valence-electron chi connectivity index (χ2n) is 4.98. The molecule has 0 radical (unpaired) electrons. The number of hydrogen-bond donors (Lipinski definition) is 2. The first-order chi connectivity index (χ1) is 7.02. The average molecular weight is 215 g/mol. The Morgan fingerprint density at radius 1 is 1.47 bits per heavy atom. The van der Waals surface area contributed by atoms with Crippen LogP contribution < -0.4 is 5.73 Å². The molecular formula is C12H25NO2. The van der Waals surface area contributed by atoms with Gasteiger partial charge in [0.05, 0.1) is 17.8 Å². The van der Waals surface area contributed by atoms with E-state index < -0.39 is 6.10 Å². The summed E-state index contributed by atoms with van der Waals surface area (Å²) in [4.78, 5) is 0. The van der Waals surface area contributed by atoms with Crippen LogP contribution in [-0.2, 0) is 4.74 Å². The Hall–Kier alpha value is -0.120. The summed E-state index contributed by atoms with van der Waals surface area (Å²) in [7, 11) is 0. The molecule has 0 aromatic heterocycles. The summed E-state index contributed by atoms with van der Waals surface area (Å²) in [5.41, 5.74) is 5.67. The minimum Gasteiger partial charge on any atom is -0.391 e. The Labute approximate surface area is 93.0 Å². The van der Waals surface area contributed by atoms with Crippen LogP contribution in [-0.4, -0.2) is 29.5 Å². The smallest absolute Gasteiger partial charge is 0.0834 e. The second-order valence-corrected chi connectivity index (χ2v) is 4.98. The highest BCUT2D eigenvalue weighted by Crippen LogP contribution is 2.37. The van der Waals surface area contributed by atoms with E-state index in [4.69, 9.17) is 10.5 Å². The van der Waals surface area contributed by atoms with Gasteiger partial charge in [0, 0.05) is 6.54 Å². The maximum atomic E-state index is 9.48. The van der Waals surface area contributed by atoms with Crippen molar-refractivity contribution in [2.75, 3.05) is 6.54 Å². The zero-order valence-electron chi connectivity index (χ0n) is 10.2. The van der Waals surface area contributed by atoms with E-state index >= 15 is 0 Å². The first-order valence-corrected chi connectivity index (χ1v) is 6.08. The molecule has 3 nitrogen and oxygen atoms in total. The van der Waals surface area contributed by atoms with E-state index in [1.807, 2.05) is 6.92 Å². The van der Waals surface area contributed by atoms with Crippen LogP contribution in [0.3, 0.4) is 0 Å². The fourth-order valence-corrected chi connectivity index (χ4v) is 2.38. The lowest BCUT2D eigenvalue weighted by Crippen LogP contribution is -2.51. The Bertz CT molecular complexity index is 196. The Morgan fingerprint density at radius 3 is 2.60 bits per heavy atom. The molecule has 90 valence electrons. The molecule has 1 aliphatic rings. The third kappa shape index (κ3) is 2.92. The summed E-state index contributed by atoms with van der Waals surface area (Å²) in [6.45, 7) is 6.46. The van der Waals surface area contributed by atoms with Crippen LogP contribution in [0.1, 0.15) is 46.5 Å². The summed E-state index contributed by atoms with van der Waals surface area (Å²) in [6.07, 6.45) is 4.12. The van der Waals surface area contributed by atoms with Crippen LogP contribution in [0, 0.1) is 5.92 Å². The van der Waals surface area contributed by atoms with Crippen LogP contribution in [0.25, 0.3) is 0 Å². The van der Waals surface area contributed by atoms with Crippen molar-refractivity contribution in [3.05, 3.63) is 0 Å². The number of hydrogen-bond acceptors (Lipinski definition) is 3. The molecule has 4 unspecified atom stereocenters. The van der Waals surface area contributed by atoms with Crippen molar-refractivity contribution in [2.24, 2.45) is 11.7 Å². The van der Waals surface area contributed by atoms with Crippen LogP contribution >= 0.6 is 0 Å². The van der Waals surface area contributed by atoms with Crippen molar-refractivity contribution in [3.8, 4) is 0 Å². The van der Waals surface area contributed by atoms with Crippen LogP contribution in [0.4, 0.5) is 0 Å². The van der Waals surface area contributed by atoms with E-state index in [-0.39, 0.29) is 11.7 Å². The molecule has 3 heteroatoms. The summed E-state index contributed by atoms with van der Waals surface area (Å²) in [5, 5.41) is 9.48. The van der Waals surface area contributed by atoms with Crippen molar-refractivity contribution in [1.82, 2.24) is 0 Å². The third-order valence-corrected chi connectivity index (χ3v) is 3.83. The molecule has 1 fully saturated rings. The Kier molecular flexibility index (Phi) is 4.56. The summed E-state index contributed by atoms with van der Waals surface area (Å²) in [5.74, 6) is 0.498. The van der Waals surface area contributed by atoms with Crippen LogP contribution in [0.2, 0.25) is 0 Å². The normalized spacial score (nSPS) is 36.2. The molecule has 0 aliphatic heterocycles. The number of nitrogens with two attached hydrogens (primary N) is 1. The number of rotatable bonds is 4. The second kappa shape index (κ2) is 5.28. The Morgan fingerprint density at radius 2 is 2.13 bits per heavy atom. The van der Waals surface area contributed by atoms with Gasteiger partial charge in [0.25, 0.3) is 0 Å². The molecule has 15 heavy (non-hydrogen) atoms. The lowest BCUT2D eigenvalue weighted by Gasteiger charge is -2.44. The van der Waals surface area contributed by atoms with Gasteiger partial charge in [-0.1, -0.05) is 19.8 Å². The molecule has 3 N–H and O–H groups in total. The van der Waals surface area contributed by atoms with Crippen molar-refractivity contribution in [3.63, 3.8) is 0 Å². The number of aliphatic hydroxyl groups excluding tert-OH is 1. The lowest BCUT2D eigenvalue weighted by molar-refractivity contribution is -0.156. The van der Waals surface area contributed by atoms with Crippen molar-refractivity contribution in [1.29, 1.82) is 0 Å². The predicted molar refractivity (Wildman–Crippen MR) is 61.6 cm³/mol. The maximum absolute atomic E-state index is 9.48. The third-order valence-electron chi connectivity index (χ3n) is 3.83. The molecule has 1 saturated carbocycles. The Balaban J connectivity index is 2.66. The van der Waals surface area contributed by atoms with E-state index in [0.717, 1.165) is 6.42 Å². The van der Waals surface area contributed by atoms with Gasteiger partial charge in [-0.25, -0.2) is 0 Å². The van der Waals surface area contributed by atoms with Gasteiger partial charge in [-0.15, -0.1) is 0 Å². The highest BCUT2D eigenvalue weighted by molar-refractivity contribution is 4.91. The SMILES string of the molecule is CC(O)C(C)OC1(CN)CCCCC1C. The lowest BCUT2D eigenvalue weighted by atomic mass is 9.76. The summed E-state index contributed by atoms with van der Waals surface area (Å²) in [6, 6.07) is 0. The average Bonchev–Trinajstić information content (AvgIpc) is 2.21. The molecule has 0 heterocycles. The molecule has 0 bridgehead atoms. The van der Waals surface area contributed by atoms with Gasteiger partial charge in [-0.3, -0.25) is 0 Å². The fourth-order valence-electron chi connectivity index (χ4n) is 2.38. The van der Waals surface area contributed by atoms with Gasteiger partial charge < -0.3 is 15.6 Å². The van der Waals surface area contributed by atoms with Gasteiger partial charge in [-0.05, 0) is 32.6 Å². The van der Waals surface area contributed by atoms with Gasteiger partial charge in [-0.2, -0.15) is 0 Å². The van der Waals surface area contributed by atoms with Gasteiger partial charge in [0.2, 0.25) is 0 Å². The van der Waals surface area contributed by atoms with E-state index in [1.165, 1.54) is 19.3 Å². The van der Waals surface area contributed by atoms with E-state index in [0.29, 0.717) is 12.5 Å². The first-order valence-electron chi connectivity index (χ1n) is 6.08. The van der Waals surface area contributed by atoms with Gasteiger partial charge >= 0.3 is 0 Å². The minimum atomic E-state index is -0.428. The molecule has 0 aromatic rings. The molecular weight excluding hydrogens is 190 g/mol. The quantitative estimate of drug-likeness (QED) is 0.750. The molecule has 0 saturated heterocycles. The summed E-state index contributed by atoms with van der Waals surface area (Å²) >= 11 is 0. The van der Waals surface area contributed by atoms with E-state index in [2.05, 4.69) is 6.92 Å². The molecule has 0 amide bonds. The highest BCUT2D eigenvalue weighted by atomic mass is 16.5. The van der Waals surface area contributed by atoms with Crippen molar-refractivity contribution >= 4 is 0 Å². The molecule has 1 rings (SSSR count). The standard InChI is InChI=1S/C12H25NO2/c1-9-6-4-5-7-12(9,8-13)15-11(3)10(2)14/h9-11,14H,4-8,13H2,1-3H3. The topological polar surface area (TPSA) is 55.5 Å². The van der Waals surface area contributed by atoms with Crippen LogP contribution in [0.15, 0.2) is 0 Å². The highest BCUT2D eigenvalue weighted by Gasteiger charge is 2.39. The molecule has 4 atom stereocenters. The monoisotopic (exact) mass is 215 g/mol. The zero-order chi connectivity index (χ0) is 11.5. The van der Waals surface area contributed by atoms with Crippen molar-refractivity contribution < 1.29 is 9.84 Å². The number of aliphatic hydroxyl groups is 1. The minimum absolute atomic E-state index is 0.130. The van der Waals surface area contributed by atoms with Gasteiger partial charge in [0.1, 0.15) is 0 Å². The van der Waals surface area contributed by atoms with Crippen molar-refractivity contribution in [2.45, 2.75) is 64.3 Å². The largest absolute Gasteiger partial charge is 0.391 e.